The van der Waals surface area contributed by atoms with Crippen LogP contribution in [-0.2, 0) is 11.2 Å². The second kappa shape index (κ2) is 7.19. The van der Waals surface area contributed by atoms with Gasteiger partial charge in [-0.15, -0.1) is 12.3 Å². The Labute approximate surface area is 111 Å². The van der Waals surface area contributed by atoms with Gasteiger partial charge in [0.1, 0.15) is 0 Å². The van der Waals surface area contributed by atoms with Gasteiger partial charge in [-0.25, -0.2) is 4.79 Å². The molecule has 0 spiro atoms. The van der Waals surface area contributed by atoms with E-state index in [1.807, 2.05) is 0 Å². The molecule has 19 heavy (non-hydrogen) atoms. The molecule has 100 valence electrons. The minimum Gasteiger partial charge on any atom is -0.478 e. The van der Waals surface area contributed by atoms with Crippen molar-refractivity contribution in [2.75, 3.05) is 6.54 Å². The summed E-state index contributed by atoms with van der Waals surface area (Å²) >= 11 is 0. The minimum atomic E-state index is -0.970. The van der Waals surface area contributed by atoms with Gasteiger partial charge in [0, 0.05) is 13.0 Å². The number of carboxylic acid groups (broad SMARTS) is 1. The number of carboxylic acids is 1. The maximum atomic E-state index is 11.5. The number of nitrogens with one attached hydrogen (secondary N) is 1. The van der Waals surface area contributed by atoms with Crippen LogP contribution in [0, 0.1) is 12.3 Å². The van der Waals surface area contributed by atoms with Crippen LogP contribution in [0.4, 0.5) is 0 Å². The number of rotatable bonds is 6. The lowest BCUT2D eigenvalue weighted by atomic mass is 10.1. The molecule has 0 radical (unpaired) electrons. The van der Waals surface area contributed by atoms with Crippen molar-refractivity contribution < 1.29 is 14.7 Å². The molecule has 0 saturated heterocycles. The maximum Gasteiger partial charge on any atom is 0.335 e. The standard InChI is InChI=1S/C14H16N2O3/c1-2-4-12(15)13(17)16-8-7-10-5-3-6-11(9-10)14(18)19/h1,3,5-6,9,12H,4,7-8,15H2,(H,16,17)(H,18,19). The Kier molecular flexibility index (Phi) is 5.58. The number of amides is 1. The lowest BCUT2D eigenvalue weighted by molar-refractivity contribution is -0.122. The van der Waals surface area contributed by atoms with E-state index in [2.05, 4.69) is 11.2 Å². The molecule has 1 aromatic rings. The molecule has 1 rings (SSSR count). The Morgan fingerprint density at radius 1 is 1.47 bits per heavy atom. The molecule has 0 aromatic heterocycles. The van der Waals surface area contributed by atoms with Crippen LogP contribution in [0.3, 0.4) is 0 Å². The normalized spacial score (nSPS) is 11.4. The van der Waals surface area contributed by atoms with Crippen molar-refractivity contribution in [3.8, 4) is 12.3 Å². The van der Waals surface area contributed by atoms with Crippen molar-refractivity contribution >= 4 is 11.9 Å². The summed E-state index contributed by atoms with van der Waals surface area (Å²) < 4.78 is 0. The molecule has 1 atom stereocenters. The average molecular weight is 260 g/mol. The minimum absolute atomic E-state index is 0.195. The fourth-order valence-corrected chi connectivity index (χ4v) is 1.54. The highest BCUT2D eigenvalue weighted by Crippen LogP contribution is 2.05. The van der Waals surface area contributed by atoms with Gasteiger partial charge in [-0.05, 0) is 24.1 Å². The van der Waals surface area contributed by atoms with Crippen LogP contribution in [0.1, 0.15) is 22.3 Å². The molecule has 5 nitrogen and oxygen atoms in total. The number of benzene rings is 1. The molecule has 4 N–H and O–H groups in total. The van der Waals surface area contributed by atoms with Crippen LogP contribution in [-0.4, -0.2) is 29.6 Å². The fraction of sp³-hybridized carbons (Fsp3) is 0.286. The van der Waals surface area contributed by atoms with Gasteiger partial charge >= 0.3 is 5.97 Å². The highest BCUT2D eigenvalue weighted by Gasteiger charge is 2.11. The number of carbonyl (C=O) groups is 2. The molecule has 0 bridgehead atoms. The SMILES string of the molecule is C#CCC(N)C(=O)NCCc1cccc(C(=O)O)c1. The van der Waals surface area contributed by atoms with Crippen molar-refractivity contribution in [2.24, 2.45) is 5.73 Å². The van der Waals surface area contributed by atoms with Crippen molar-refractivity contribution in [1.82, 2.24) is 5.32 Å². The van der Waals surface area contributed by atoms with Gasteiger partial charge in [0.05, 0.1) is 11.6 Å². The van der Waals surface area contributed by atoms with Crippen LogP contribution in [0.5, 0.6) is 0 Å². The lowest BCUT2D eigenvalue weighted by Gasteiger charge is -2.09. The third-order valence-electron chi connectivity index (χ3n) is 2.56. The summed E-state index contributed by atoms with van der Waals surface area (Å²) in [4.78, 5) is 22.3. The highest BCUT2D eigenvalue weighted by molar-refractivity contribution is 5.87. The van der Waals surface area contributed by atoms with Crippen LogP contribution in [0.25, 0.3) is 0 Å². The smallest absolute Gasteiger partial charge is 0.335 e. The molecule has 0 heterocycles. The van der Waals surface area contributed by atoms with E-state index in [1.54, 1.807) is 18.2 Å². The first-order valence-electron chi connectivity index (χ1n) is 5.83. The molecule has 1 amide bonds. The predicted octanol–water partition coefficient (Wildman–Crippen LogP) is 0.394. The molecule has 0 saturated carbocycles. The van der Waals surface area contributed by atoms with E-state index in [0.29, 0.717) is 13.0 Å². The Hall–Kier alpha value is -2.32. The second-order valence-electron chi connectivity index (χ2n) is 4.06. The summed E-state index contributed by atoms with van der Waals surface area (Å²) in [6.45, 7) is 0.389. The zero-order valence-corrected chi connectivity index (χ0v) is 10.4. The molecule has 5 heteroatoms. The van der Waals surface area contributed by atoms with Crippen LogP contribution < -0.4 is 11.1 Å². The molecule has 1 unspecified atom stereocenters. The number of hydrogen-bond acceptors (Lipinski definition) is 3. The zero-order chi connectivity index (χ0) is 14.3. The van der Waals surface area contributed by atoms with Gasteiger partial charge in [0.2, 0.25) is 5.91 Å². The van der Waals surface area contributed by atoms with E-state index >= 15 is 0 Å². The Morgan fingerprint density at radius 2 is 2.21 bits per heavy atom. The summed E-state index contributed by atoms with van der Waals surface area (Å²) in [5.41, 5.74) is 6.61. The molecule has 0 aliphatic carbocycles. The topological polar surface area (TPSA) is 92.4 Å². The first-order valence-corrected chi connectivity index (χ1v) is 5.83. The van der Waals surface area contributed by atoms with E-state index in [4.69, 9.17) is 17.3 Å². The molecular weight excluding hydrogens is 244 g/mol. The molecule has 1 aromatic carbocycles. The average Bonchev–Trinajstić information content (AvgIpc) is 2.39. The first kappa shape index (κ1) is 14.7. The van der Waals surface area contributed by atoms with Crippen molar-refractivity contribution in [2.45, 2.75) is 18.9 Å². The number of aromatic carboxylic acids is 1. The van der Waals surface area contributed by atoms with E-state index in [1.165, 1.54) is 6.07 Å². The first-order chi connectivity index (χ1) is 9.04. The van der Waals surface area contributed by atoms with Gasteiger partial charge in [-0.3, -0.25) is 4.79 Å². The molecular formula is C14H16N2O3. The van der Waals surface area contributed by atoms with Gasteiger partial charge in [-0.2, -0.15) is 0 Å². The largest absolute Gasteiger partial charge is 0.478 e. The summed E-state index contributed by atoms with van der Waals surface area (Å²) in [7, 11) is 0. The Balaban J connectivity index is 2.45. The summed E-state index contributed by atoms with van der Waals surface area (Å²) in [5, 5.41) is 11.5. The van der Waals surface area contributed by atoms with Gasteiger partial charge in [-0.1, -0.05) is 12.1 Å². The summed E-state index contributed by atoms with van der Waals surface area (Å²) in [6.07, 6.45) is 5.80. The lowest BCUT2D eigenvalue weighted by Crippen LogP contribution is -2.41. The highest BCUT2D eigenvalue weighted by atomic mass is 16.4. The van der Waals surface area contributed by atoms with Crippen molar-refractivity contribution in [3.05, 3.63) is 35.4 Å². The van der Waals surface area contributed by atoms with Crippen LogP contribution in [0.2, 0.25) is 0 Å². The maximum absolute atomic E-state index is 11.5. The van der Waals surface area contributed by atoms with Crippen LogP contribution >= 0.6 is 0 Å². The van der Waals surface area contributed by atoms with Crippen LogP contribution in [0.15, 0.2) is 24.3 Å². The number of hydrogen-bond donors (Lipinski definition) is 3. The zero-order valence-electron chi connectivity index (χ0n) is 10.4. The summed E-state index contributed by atoms with van der Waals surface area (Å²) in [6, 6.07) is 5.88. The molecule has 0 fully saturated rings. The Bertz CT molecular complexity index is 506. The quantitative estimate of drug-likeness (QED) is 0.645. The van der Waals surface area contributed by atoms with E-state index < -0.39 is 12.0 Å². The van der Waals surface area contributed by atoms with E-state index in [-0.39, 0.29) is 17.9 Å². The van der Waals surface area contributed by atoms with Gasteiger partial charge < -0.3 is 16.2 Å². The third-order valence-corrected chi connectivity index (χ3v) is 2.56. The fourth-order valence-electron chi connectivity index (χ4n) is 1.54. The van der Waals surface area contributed by atoms with E-state index in [0.717, 1.165) is 5.56 Å². The number of carbonyl (C=O) groups excluding carboxylic acids is 1. The Morgan fingerprint density at radius 3 is 2.84 bits per heavy atom. The monoisotopic (exact) mass is 260 g/mol. The van der Waals surface area contributed by atoms with Gasteiger partial charge in [0.25, 0.3) is 0 Å². The van der Waals surface area contributed by atoms with Crippen molar-refractivity contribution in [3.63, 3.8) is 0 Å². The molecule has 0 aliphatic heterocycles. The second-order valence-corrected chi connectivity index (χ2v) is 4.06. The molecule has 0 aliphatic rings. The van der Waals surface area contributed by atoms with Crippen molar-refractivity contribution in [1.29, 1.82) is 0 Å². The summed E-state index contributed by atoms with van der Waals surface area (Å²) in [5.74, 6) is 1.06. The number of nitrogens with two attached hydrogens (primary N) is 1. The third kappa shape index (κ3) is 4.82. The number of terminal acetylenes is 1. The van der Waals surface area contributed by atoms with Gasteiger partial charge in [0.15, 0.2) is 0 Å². The van der Waals surface area contributed by atoms with E-state index in [9.17, 15) is 9.59 Å². The predicted molar refractivity (Wildman–Crippen MR) is 71.5 cm³/mol.